The number of benzene rings is 1. The van der Waals surface area contributed by atoms with Gasteiger partial charge in [-0.2, -0.15) is 0 Å². The molecule has 0 bridgehead atoms. The van der Waals surface area contributed by atoms with E-state index in [0.29, 0.717) is 4.47 Å². The zero-order valence-corrected chi connectivity index (χ0v) is 17.8. The highest BCUT2D eigenvalue weighted by Crippen LogP contribution is 2.23. The maximum atomic E-state index is 12.3. The number of esters is 1. The van der Waals surface area contributed by atoms with Crippen molar-refractivity contribution in [2.45, 2.75) is 44.7 Å². The second-order valence-electron chi connectivity index (χ2n) is 6.30. The van der Waals surface area contributed by atoms with Gasteiger partial charge in [-0.1, -0.05) is 16.1 Å². The molecule has 1 amide bonds. The molecule has 0 aromatic heterocycles. The zero-order chi connectivity index (χ0) is 20.9. The third-order valence-electron chi connectivity index (χ3n) is 3.78. The van der Waals surface area contributed by atoms with E-state index in [9.17, 15) is 18.0 Å². The Morgan fingerprint density at radius 1 is 1.15 bits per heavy atom. The average Bonchev–Trinajstić information content (AvgIpc) is 2.58. The van der Waals surface area contributed by atoms with E-state index in [1.54, 1.807) is 4.90 Å². The molecule has 1 aromatic carbocycles. The first-order valence-corrected chi connectivity index (χ1v) is 10.1. The summed E-state index contributed by atoms with van der Waals surface area (Å²) in [6.07, 6.45) is 0. The van der Waals surface area contributed by atoms with Crippen LogP contribution >= 0.6 is 11.6 Å². The van der Waals surface area contributed by atoms with Gasteiger partial charge in [0.2, 0.25) is 0 Å². The molecule has 0 aliphatic heterocycles. The van der Waals surface area contributed by atoms with E-state index in [2.05, 4.69) is 0 Å². The van der Waals surface area contributed by atoms with Crippen LogP contribution in [0.1, 0.15) is 38.1 Å². The van der Waals surface area contributed by atoms with Gasteiger partial charge in [0.05, 0.1) is 22.6 Å². The van der Waals surface area contributed by atoms with E-state index in [0.717, 1.165) is 6.07 Å². The van der Waals surface area contributed by atoms with Gasteiger partial charge in [-0.25, -0.2) is 13.2 Å². The number of nitrogens with zero attached hydrogens (tertiary/aromatic N) is 2. The SMILES string of the molecule is CON(C)S(=O)(=O)c1ccc(Cl)c(C(=O)OCC(=O)N(C(C)C)C(C)C)c1. The van der Waals surface area contributed by atoms with Crippen LogP contribution in [-0.4, -0.2) is 62.5 Å². The molecule has 0 atom stereocenters. The van der Waals surface area contributed by atoms with E-state index >= 15 is 0 Å². The highest BCUT2D eigenvalue weighted by atomic mass is 35.5. The summed E-state index contributed by atoms with van der Waals surface area (Å²) in [6.45, 7) is 6.96. The Balaban J connectivity index is 3.02. The van der Waals surface area contributed by atoms with Crippen molar-refractivity contribution < 1.29 is 27.6 Å². The molecule has 0 aliphatic rings. The molecule has 1 aromatic rings. The van der Waals surface area contributed by atoms with Crippen LogP contribution in [0.3, 0.4) is 0 Å². The number of hydrogen-bond acceptors (Lipinski definition) is 6. The fourth-order valence-electron chi connectivity index (χ4n) is 2.52. The predicted molar refractivity (Wildman–Crippen MR) is 101 cm³/mol. The number of amides is 1. The molecule has 0 fully saturated rings. The number of rotatable bonds is 8. The Hall–Kier alpha value is -1.68. The molecule has 0 saturated carbocycles. The summed E-state index contributed by atoms with van der Waals surface area (Å²) < 4.78 is 30.3. The van der Waals surface area contributed by atoms with Crippen molar-refractivity contribution in [3.8, 4) is 0 Å². The molecule has 10 heteroatoms. The molecule has 27 heavy (non-hydrogen) atoms. The summed E-state index contributed by atoms with van der Waals surface area (Å²) in [6, 6.07) is 3.48. The maximum absolute atomic E-state index is 12.3. The fraction of sp³-hybridized carbons (Fsp3) is 0.529. The number of sulfonamides is 1. The first kappa shape index (κ1) is 23.4. The lowest BCUT2D eigenvalue weighted by Gasteiger charge is -2.30. The molecule has 0 aliphatic carbocycles. The van der Waals surface area contributed by atoms with Crippen LogP contribution in [0.2, 0.25) is 5.02 Å². The summed E-state index contributed by atoms with van der Waals surface area (Å²) in [5.74, 6) is -1.25. The molecule has 0 N–H and O–H groups in total. The van der Waals surface area contributed by atoms with Gasteiger partial charge < -0.3 is 9.64 Å². The molecule has 0 spiro atoms. The Morgan fingerprint density at radius 2 is 1.70 bits per heavy atom. The summed E-state index contributed by atoms with van der Waals surface area (Å²) in [5, 5.41) is 0.0102. The van der Waals surface area contributed by atoms with Crippen molar-refractivity contribution in [3.63, 3.8) is 0 Å². The smallest absolute Gasteiger partial charge is 0.340 e. The first-order valence-electron chi connectivity index (χ1n) is 8.24. The van der Waals surface area contributed by atoms with E-state index in [-0.39, 0.29) is 33.5 Å². The van der Waals surface area contributed by atoms with Crippen molar-refractivity contribution in [1.29, 1.82) is 0 Å². The molecule has 0 radical (unpaired) electrons. The lowest BCUT2D eigenvalue weighted by molar-refractivity contribution is -0.138. The summed E-state index contributed by atoms with van der Waals surface area (Å²) in [7, 11) is -1.55. The second-order valence-corrected chi connectivity index (χ2v) is 8.65. The van der Waals surface area contributed by atoms with E-state index in [4.69, 9.17) is 21.2 Å². The molecule has 152 valence electrons. The quantitative estimate of drug-likeness (QED) is 0.473. The van der Waals surface area contributed by atoms with Gasteiger partial charge in [-0.3, -0.25) is 9.63 Å². The van der Waals surface area contributed by atoms with Crippen LogP contribution in [0.15, 0.2) is 23.1 Å². The van der Waals surface area contributed by atoms with E-state index in [1.165, 1.54) is 26.3 Å². The van der Waals surface area contributed by atoms with Gasteiger partial charge in [0.25, 0.3) is 15.9 Å². The summed E-state index contributed by atoms with van der Waals surface area (Å²) >= 11 is 6.00. The largest absolute Gasteiger partial charge is 0.452 e. The Kier molecular flexibility index (Phi) is 8.22. The van der Waals surface area contributed by atoms with Crippen LogP contribution in [0, 0.1) is 0 Å². The van der Waals surface area contributed by atoms with Crippen molar-refractivity contribution in [3.05, 3.63) is 28.8 Å². The minimum absolute atomic E-state index is 0.0102. The number of halogens is 1. The number of carbonyl (C=O) groups is 2. The Bertz CT molecular complexity index is 787. The van der Waals surface area contributed by atoms with Crippen molar-refractivity contribution in [2.75, 3.05) is 20.8 Å². The van der Waals surface area contributed by atoms with Crippen molar-refractivity contribution in [1.82, 2.24) is 9.37 Å². The highest BCUT2D eigenvalue weighted by molar-refractivity contribution is 7.89. The van der Waals surface area contributed by atoms with Gasteiger partial charge in [0, 0.05) is 19.1 Å². The molecule has 8 nitrogen and oxygen atoms in total. The molecule has 0 unspecified atom stereocenters. The number of ether oxygens (including phenoxy) is 1. The van der Waals surface area contributed by atoms with Gasteiger partial charge in [0.1, 0.15) is 0 Å². The van der Waals surface area contributed by atoms with E-state index < -0.39 is 22.6 Å². The van der Waals surface area contributed by atoms with Crippen LogP contribution in [0.4, 0.5) is 0 Å². The lowest BCUT2D eigenvalue weighted by Crippen LogP contribution is -2.44. The van der Waals surface area contributed by atoms with Crippen molar-refractivity contribution >= 4 is 33.5 Å². The van der Waals surface area contributed by atoms with Gasteiger partial charge in [-0.15, -0.1) is 0 Å². The van der Waals surface area contributed by atoms with Gasteiger partial charge in [0.15, 0.2) is 6.61 Å². The Labute approximate surface area is 165 Å². The molecule has 0 heterocycles. The third-order valence-corrected chi connectivity index (χ3v) is 5.78. The molecule has 0 saturated heterocycles. The molecular formula is C17H25ClN2O6S. The third kappa shape index (κ3) is 5.65. The number of carbonyl (C=O) groups excluding carboxylic acids is 2. The van der Waals surface area contributed by atoms with Crippen LogP contribution in [0.5, 0.6) is 0 Å². The molecule has 1 rings (SSSR count). The predicted octanol–water partition coefficient (Wildman–Crippen LogP) is 2.32. The average molecular weight is 421 g/mol. The minimum Gasteiger partial charge on any atom is -0.452 e. The van der Waals surface area contributed by atoms with Gasteiger partial charge in [-0.05, 0) is 45.9 Å². The maximum Gasteiger partial charge on any atom is 0.340 e. The minimum atomic E-state index is -3.96. The van der Waals surface area contributed by atoms with Crippen molar-refractivity contribution in [2.24, 2.45) is 0 Å². The topological polar surface area (TPSA) is 93.2 Å². The van der Waals surface area contributed by atoms with Crippen LogP contribution in [0.25, 0.3) is 0 Å². The zero-order valence-electron chi connectivity index (χ0n) is 16.2. The highest BCUT2D eigenvalue weighted by Gasteiger charge is 2.25. The fourth-order valence-corrected chi connectivity index (χ4v) is 3.71. The number of hydrogen-bond donors (Lipinski definition) is 0. The Morgan fingerprint density at radius 3 is 2.19 bits per heavy atom. The number of hydroxylamine groups is 1. The standard InChI is InChI=1S/C17H25ClN2O6S/c1-11(2)20(12(3)4)16(21)10-26-17(22)14-9-13(7-8-15(14)18)27(23,24)19(5)25-6/h7-9,11-12H,10H2,1-6H3. The second kappa shape index (κ2) is 9.50. The van der Waals surface area contributed by atoms with Crippen LogP contribution < -0.4 is 0 Å². The lowest BCUT2D eigenvalue weighted by atomic mass is 10.2. The van der Waals surface area contributed by atoms with Gasteiger partial charge >= 0.3 is 5.97 Å². The monoisotopic (exact) mass is 420 g/mol. The first-order chi connectivity index (χ1) is 12.4. The normalized spacial score (nSPS) is 11.9. The summed E-state index contributed by atoms with van der Waals surface area (Å²) in [4.78, 5) is 30.7. The summed E-state index contributed by atoms with van der Waals surface area (Å²) in [5.41, 5.74) is -0.157. The van der Waals surface area contributed by atoms with E-state index in [1.807, 2.05) is 27.7 Å². The van der Waals surface area contributed by atoms with Crippen LogP contribution in [-0.2, 0) is 24.4 Å². The molecular weight excluding hydrogens is 396 g/mol.